The zero-order valence-corrected chi connectivity index (χ0v) is 10.3. The van der Waals surface area contributed by atoms with E-state index in [9.17, 15) is 9.59 Å². The van der Waals surface area contributed by atoms with Crippen LogP contribution in [0, 0.1) is 0 Å². The highest BCUT2D eigenvalue weighted by Crippen LogP contribution is 2.04. The fourth-order valence-corrected chi connectivity index (χ4v) is 2.03. The molecule has 1 saturated heterocycles. The molecular formula is C10H19N3O2S. The lowest BCUT2D eigenvalue weighted by molar-refractivity contribution is -0.126. The van der Waals surface area contributed by atoms with Gasteiger partial charge in [-0.3, -0.25) is 9.59 Å². The second kappa shape index (κ2) is 6.75. The van der Waals surface area contributed by atoms with E-state index in [2.05, 4.69) is 10.6 Å². The Bertz CT molecular complexity index is 250. The zero-order valence-electron chi connectivity index (χ0n) is 9.49. The predicted octanol–water partition coefficient (Wildman–Crippen LogP) is -0.538. The van der Waals surface area contributed by atoms with Gasteiger partial charge in [0, 0.05) is 19.0 Å². The standard InChI is InChI=1S/C10H19N3O2S/c1-16-5-4-8(11)10(15)13-7-2-3-9(14)12-6-7/h7-8H,2-6,11H2,1H3,(H,12,14)(H,13,15)/t7?,8-/m1/s1. The Hall–Kier alpha value is -0.750. The molecule has 0 saturated carbocycles. The SMILES string of the molecule is CSCC[C@@H](N)C(=O)NC1CCC(=O)NC1. The monoisotopic (exact) mass is 245 g/mol. The van der Waals surface area contributed by atoms with Gasteiger partial charge >= 0.3 is 0 Å². The maximum Gasteiger partial charge on any atom is 0.237 e. The van der Waals surface area contributed by atoms with Gasteiger partial charge in [-0.15, -0.1) is 0 Å². The van der Waals surface area contributed by atoms with Gasteiger partial charge in [0.15, 0.2) is 0 Å². The van der Waals surface area contributed by atoms with Crippen LogP contribution in [-0.2, 0) is 9.59 Å². The van der Waals surface area contributed by atoms with Crippen LogP contribution in [0.25, 0.3) is 0 Å². The molecule has 0 aromatic carbocycles. The molecule has 0 aromatic rings. The number of carbonyl (C=O) groups is 2. The minimum atomic E-state index is -0.440. The maximum absolute atomic E-state index is 11.6. The summed E-state index contributed by atoms with van der Waals surface area (Å²) in [6.07, 6.45) is 3.85. The molecule has 6 heteroatoms. The maximum atomic E-state index is 11.6. The van der Waals surface area contributed by atoms with Gasteiger partial charge in [0.2, 0.25) is 11.8 Å². The number of amides is 2. The van der Waals surface area contributed by atoms with Gasteiger partial charge in [-0.1, -0.05) is 0 Å². The number of nitrogens with two attached hydrogens (primary N) is 1. The second-order valence-electron chi connectivity index (χ2n) is 3.94. The van der Waals surface area contributed by atoms with Crippen molar-refractivity contribution in [2.24, 2.45) is 5.73 Å². The van der Waals surface area contributed by atoms with Gasteiger partial charge in [-0.2, -0.15) is 11.8 Å². The molecule has 1 heterocycles. The van der Waals surface area contributed by atoms with E-state index in [0.717, 1.165) is 5.75 Å². The van der Waals surface area contributed by atoms with Gasteiger partial charge in [0.1, 0.15) is 0 Å². The van der Waals surface area contributed by atoms with Crippen LogP contribution in [0.2, 0.25) is 0 Å². The van der Waals surface area contributed by atoms with Gasteiger partial charge in [-0.25, -0.2) is 0 Å². The molecular weight excluding hydrogens is 226 g/mol. The van der Waals surface area contributed by atoms with Crippen molar-refractivity contribution in [1.29, 1.82) is 0 Å². The van der Waals surface area contributed by atoms with E-state index < -0.39 is 6.04 Å². The lowest BCUT2D eigenvalue weighted by atomic mass is 10.1. The molecule has 1 aliphatic rings. The largest absolute Gasteiger partial charge is 0.354 e. The first-order chi connectivity index (χ1) is 7.63. The summed E-state index contributed by atoms with van der Waals surface area (Å²) < 4.78 is 0. The molecule has 0 spiro atoms. The molecule has 0 aromatic heterocycles. The summed E-state index contributed by atoms with van der Waals surface area (Å²) >= 11 is 1.68. The normalized spacial score (nSPS) is 22.4. The van der Waals surface area contributed by atoms with Gasteiger partial charge in [0.25, 0.3) is 0 Å². The van der Waals surface area contributed by atoms with Crippen molar-refractivity contribution >= 4 is 23.6 Å². The molecule has 16 heavy (non-hydrogen) atoms. The van der Waals surface area contributed by atoms with E-state index in [4.69, 9.17) is 5.73 Å². The number of hydrogen-bond acceptors (Lipinski definition) is 4. The summed E-state index contributed by atoms with van der Waals surface area (Å²) in [6.45, 7) is 0.514. The van der Waals surface area contributed by atoms with E-state index in [-0.39, 0.29) is 17.9 Å². The molecule has 2 atom stereocenters. The molecule has 0 radical (unpaired) electrons. The molecule has 92 valence electrons. The Morgan fingerprint density at radius 3 is 3.06 bits per heavy atom. The minimum absolute atomic E-state index is 0.0329. The molecule has 1 aliphatic heterocycles. The lowest BCUT2D eigenvalue weighted by Crippen LogP contribution is -2.52. The Balaban J connectivity index is 2.25. The van der Waals surface area contributed by atoms with Crippen molar-refractivity contribution in [3.63, 3.8) is 0 Å². The van der Waals surface area contributed by atoms with Crippen LogP contribution in [0.1, 0.15) is 19.3 Å². The van der Waals surface area contributed by atoms with Crippen molar-refractivity contribution in [2.75, 3.05) is 18.6 Å². The van der Waals surface area contributed by atoms with Crippen LogP contribution in [0.4, 0.5) is 0 Å². The van der Waals surface area contributed by atoms with E-state index in [1.165, 1.54) is 0 Å². The third-order valence-electron chi connectivity index (χ3n) is 2.58. The number of thioether (sulfide) groups is 1. The van der Waals surface area contributed by atoms with E-state index >= 15 is 0 Å². The summed E-state index contributed by atoms with van der Waals surface area (Å²) in [5, 5.41) is 5.58. The third-order valence-corrected chi connectivity index (χ3v) is 3.23. The highest BCUT2D eigenvalue weighted by atomic mass is 32.2. The predicted molar refractivity (Wildman–Crippen MR) is 65.1 cm³/mol. The molecule has 2 amide bonds. The number of carbonyl (C=O) groups excluding carboxylic acids is 2. The summed E-state index contributed by atoms with van der Waals surface area (Å²) in [7, 11) is 0. The average molecular weight is 245 g/mol. The van der Waals surface area contributed by atoms with Crippen LogP contribution in [-0.4, -0.2) is 42.5 Å². The molecule has 1 fully saturated rings. The molecule has 1 rings (SSSR count). The Kier molecular flexibility index (Phi) is 5.62. The summed E-state index contributed by atoms with van der Waals surface area (Å²) in [5.74, 6) is 0.822. The molecule has 5 nitrogen and oxygen atoms in total. The molecule has 4 N–H and O–H groups in total. The van der Waals surface area contributed by atoms with Crippen molar-refractivity contribution in [1.82, 2.24) is 10.6 Å². The van der Waals surface area contributed by atoms with E-state index in [1.54, 1.807) is 11.8 Å². The van der Waals surface area contributed by atoms with Crippen LogP contribution >= 0.6 is 11.8 Å². The number of rotatable bonds is 5. The zero-order chi connectivity index (χ0) is 12.0. The number of nitrogens with one attached hydrogen (secondary N) is 2. The highest BCUT2D eigenvalue weighted by molar-refractivity contribution is 7.98. The van der Waals surface area contributed by atoms with Gasteiger partial charge in [0.05, 0.1) is 6.04 Å². The first-order valence-electron chi connectivity index (χ1n) is 5.45. The fraction of sp³-hybridized carbons (Fsp3) is 0.800. The molecule has 1 unspecified atom stereocenters. The summed E-state index contributed by atoms with van der Waals surface area (Å²) in [4.78, 5) is 22.6. The van der Waals surface area contributed by atoms with Crippen molar-refractivity contribution in [3.05, 3.63) is 0 Å². The number of hydrogen-bond donors (Lipinski definition) is 3. The molecule has 0 aliphatic carbocycles. The lowest BCUT2D eigenvalue weighted by Gasteiger charge is -2.24. The fourth-order valence-electron chi connectivity index (χ4n) is 1.54. The first-order valence-corrected chi connectivity index (χ1v) is 6.84. The van der Waals surface area contributed by atoms with E-state index in [0.29, 0.717) is 25.8 Å². The van der Waals surface area contributed by atoms with Crippen LogP contribution in [0.5, 0.6) is 0 Å². The Labute approximate surface area is 99.9 Å². The average Bonchev–Trinajstić information content (AvgIpc) is 2.29. The summed E-state index contributed by atoms with van der Waals surface area (Å²) in [5.41, 5.74) is 5.74. The van der Waals surface area contributed by atoms with Crippen molar-refractivity contribution < 1.29 is 9.59 Å². The highest BCUT2D eigenvalue weighted by Gasteiger charge is 2.21. The Morgan fingerprint density at radius 1 is 1.75 bits per heavy atom. The van der Waals surface area contributed by atoms with Crippen molar-refractivity contribution in [3.8, 4) is 0 Å². The van der Waals surface area contributed by atoms with Crippen LogP contribution in [0.15, 0.2) is 0 Å². The second-order valence-corrected chi connectivity index (χ2v) is 4.92. The smallest absolute Gasteiger partial charge is 0.237 e. The summed E-state index contributed by atoms with van der Waals surface area (Å²) in [6, 6.07) is -0.407. The van der Waals surface area contributed by atoms with Gasteiger partial charge in [-0.05, 0) is 24.9 Å². The quantitative estimate of drug-likeness (QED) is 0.607. The van der Waals surface area contributed by atoms with Crippen LogP contribution in [0.3, 0.4) is 0 Å². The minimum Gasteiger partial charge on any atom is -0.354 e. The topological polar surface area (TPSA) is 84.2 Å². The van der Waals surface area contributed by atoms with Crippen LogP contribution < -0.4 is 16.4 Å². The van der Waals surface area contributed by atoms with E-state index in [1.807, 2.05) is 6.26 Å². The number of piperidine rings is 1. The molecule has 0 bridgehead atoms. The van der Waals surface area contributed by atoms with Gasteiger partial charge < -0.3 is 16.4 Å². The Morgan fingerprint density at radius 2 is 2.50 bits per heavy atom. The first kappa shape index (κ1) is 13.3. The third kappa shape index (κ3) is 4.40. The van der Waals surface area contributed by atoms with Crippen molar-refractivity contribution in [2.45, 2.75) is 31.3 Å².